The summed E-state index contributed by atoms with van der Waals surface area (Å²) in [5.41, 5.74) is 1.02. The number of amides is 2. The van der Waals surface area contributed by atoms with Gasteiger partial charge < -0.3 is 20.3 Å². The summed E-state index contributed by atoms with van der Waals surface area (Å²) in [5, 5.41) is 8.20. The molecule has 1 fully saturated rings. The summed E-state index contributed by atoms with van der Waals surface area (Å²) in [6.07, 6.45) is 3.05. The van der Waals surface area contributed by atoms with Crippen molar-refractivity contribution in [2.75, 3.05) is 20.1 Å². The lowest BCUT2D eigenvalue weighted by Crippen LogP contribution is -2.61. The van der Waals surface area contributed by atoms with Gasteiger partial charge >= 0.3 is 0 Å². The van der Waals surface area contributed by atoms with Crippen LogP contribution in [0.25, 0.3) is 10.8 Å². The van der Waals surface area contributed by atoms with E-state index < -0.39 is 6.04 Å². The number of likely N-dealkylation sites (N-methyl/N-ethyl adjacent to an activating group) is 1. The molecule has 3 rings (SSSR count). The molecule has 2 atom stereocenters. The maximum Gasteiger partial charge on any atom is 0.242 e. The van der Waals surface area contributed by atoms with E-state index in [1.807, 2.05) is 30.3 Å². The molecule has 2 aromatic rings. The molecule has 2 unspecified atom stereocenters. The summed E-state index contributed by atoms with van der Waals surface area (Å²) in [7, 11) is 1.60. The molecule has 2 amide bonds. The fourth-order valence-electron chi connectivity index (χ4n) is 3.80. The van der Waals surface area contributed by atoms with Crippen molar-refractivity contribution in [3.63, 3.8) is 0 Å². The highest BCUT2D eigenvalue weighted by Crippen LogP contribution is 2.20. The zero-order valence-corrected chi connectivity index (χ0v) is 16.2. The van der Waals surface area contributed by atoms with Crippen molar-refractivity contribution < 1.29 is 14.4 Å². The Morgan fingerprint density at radius 2 is 2.07 bits per heavy atom. The summed E-state index contributed by atoms with van der Waals surface area (Å²) in [5.74, 6) is -0.221. The standard InChI is InChI=1S/C22H27N3O3/c1-23-21(27)20(15-16-9-10-17-6-2-3-7-18(17)14-16)25-12-11-24-19(22(25)28)8-4-5-13-26/h2-3,6-7,9-10,13-14,19-20,24H,4-5,8,11-12,15H2,1H3,(H,23,27). The molecule has 1 aliphatic rings. The molecule has 2 aromatic carbocycles. The molecule has 0 bridgehead atoms. The van der Waals surface area contributed by atoms with Crippen molar-refractivity contribution in [1.29, 1.82) is 0 Å². The van der Waals surface area contributed by atoms with E-state index in [2.05, 4.69) is 22.8 Å². The molecule has 1 aliphatic heterocycles. The Kier molecular flexibility index (Phi) is 6.76. The van der Waals surface area contributed by atoms with Crippen molar-refractivity contribution in [2.24, 2.45) is 0 Å². The molecule has 0 radical (unpaired) electrons. The second-order valence-corrected chi connectivity index (χ2v) is 7.15. The van der Waals surface area contributed by atoms with Gasteiger partial charge in [-0.2, -0.15) is 0 Å². The van der Waals surface area contributed by atoms with Gasteiger partial charge in [-0.1, -0.05) is 42.5 Å². The number of benzene rings is 2. The van der Waals surface area contributed by atoms with Crippen LogP contribution in [0.4, 0.5) is 0 Å². The zero-order chi connectivity index (χ0) is 19.9. The number of aldehydes is 1. The monoisotopic (exact) mass is 381 g/mol. The highest BCUT2D eigenvalue weighted by molar-refractivity contribution is 5.90. The van der Waals surface area contributed by atoms with Crippen molar-refractivity contribution in [1.82, 2.24) is 15.5 Å². The fourth-order valence-corrected chi connectivity index (χ4v) is 3.80. The minimum Gasteiger partial charge on any atom is -0.357 e. The number of unbranched alkanes of at least 4 members (excludes halogenated alkanes) is 1. The molecule has 2 N–H and O–H groups in total. The van der Waals surface area contributed by atoms with Crippen molar-refractivity contribution in [3.8, 4) is 0 Å². The molecule has 1 saturated heterocycles. The van der Waals surface area contributed by atoms with Crippen molar-refractivity contribution in [3.05, 3.63) is 48.0 Å². The molecule has 28 heavy (non-hydrogen) atoms. The highest BCUT2D eigenvalue weighted by atomic mass is 16.2. The number of hydrogen-bond donors (Lipinski definition) is 2. The van der Waals surface area contributed by atoms with E-state index in [1.165, 1.54) is 0 Å². The van der Waals surface area contributed by atoms with Gasteiger partial charge in [0.05, 0.1) is 6.04 Å². The van der Waals surface area contributed by atoms with Crippen LogP contribution < -0.4 is 10.6 Å². The van der Waals surface area contributed by atoms with E-state index in [9.17, 15) is 14.4 Å². The van der Waals surface area contributed by atoms with Gasteiger partial charge in [-0.05, 0) is 29.2 Å². The van der Waals surface area contributed by atoms with E-state index in [1.54, 1.807) is 11.9 Å². The number of fused-ring (bicyclic) bond motifs is 1. The molecule has 6 nitrogen and oxygen atoms in total. The van der Waals surface area contributed by atoms with Crippen LogP contribution in [0.15, 0.2) is 42.5 Å². The Morgan fingerprint density at radius 1 is 1.29 bits per heavy atom. The van der Waals surface area contributed by atoms with Gasteiger partial charge in [0.2, 0.25) is 11.8 Å². The first-order valence-corrected chi connectivity index (χ1v) is 9.81. The second-order valence-electron chi connectivity index (χ2n) is 7.15. The van der Waals surface area contributed by atoms with Gasteiger partial charge in [-0.3, -0.25) is 9.59 Å². The number of nitrogens with one attached hydrogen (secondary N) is 2. The number of nitrogens with zero attached hydrogens (tertiary/aromatic N) is 1. The summed E-state index contributed by atoms with van der Waals surface area (Å²) < 4.78 is 0. The van der Waals surface area contributed by atoms with Gasteiger partial charge in [-0.15, -0.1) is 0 Å². The van der Waals surface area contributed by atoms with E-state index in [0.29, 0.717) is 38.8 Å². The van der Waals surface area contributed by atoms with Gasteiger partial charge in [0.25, 0.3) is 0 Å². The Balaban J connectivity index is 1.79. The number of carbonyl (C=O) groups excluding carboxylic acids is 3. The Bertz CT molecular complexity index is 852. The second kappa shape index (κ2) is 9.46. The largest absolute Gasteiger partial charge is 0.357 e. The van der Waals surface area contributed by atoms with Crippen LogP contribution in [0.3, 0.4) is 0 Å². The topological polar surface area (TPSA) is 78.5 Å². The van der Waals surface area contributed by atoms with Crippen molar-refractivity contribution >= 4 is 28.9 Å². The first-order chi connectivity index (χ1) is 13.6. The van der Waals surface area contributed by atoms with Crippen LogP contribution in [0.5, 0.6) is 0 Å². The third-order valence-corrected chi connectivity index (χ3v) is 5.31. The van der Waals surface area contributed by atoms with Gasteiger partial charge in [0.1, 0.15) is 12.3 Å². The number of rotatable bonds is 8. The molecular formula is C22H27N3O3. The lowest BCUT2D eigenvalue weighted by Gasteiger charge is -2.38. The van der Waals surface area contributed by atoms with Crippen LogP contribution >= 0.6 is 0 Å². The van der Waals surface area contributed by atoms with Crippen LogP contribution in [0.1, 0.15) is 24.8 Å². The SMILES string of the molecule is CNC(=O)C(Cc1ccc2ccccc2c1)N1CCNC(CCCC=O)C1=O. The zero-order valence-electron chi connectivity index (χ0n) is 16.2. The van der Waals surface area contributed by atoms with Crippen LogP contribution in [0.2, 0.25) is 0 Å². The maximum absolute atomic E-state index is 13.0. The molecule has 0 spiro atoms. The number of carbonyl (C=O) groups is 3. The minimum atomic E-state index is -0.547. The third kappa shape index (κ3) is 4.57. The summed E-state index contributed by atoms with van der Waals surface area (Å²) in [6, 6.07) is 13.4. The lowest BCUT2D eigenvalue weighted by atomic mass is 9.98. The Labute approximate surface area is 165 Å². The van der Waals surface area contributed by atoms with Gasteiger partial charge in [0.15, 0.2) is 0 Å². The predicted octanol–water partition coefficient (Wildman–Crippen LogP) is 1.67. The molecular weight excluding hydrogens is 354 g/mol. The first-order valence-electron chi connectivity index (χ1n) is 9.81. The summed E-state index contributed by atoms with van der Waals surface area (Å²) >= 11 is 0. The average molecular weight is 381 g/mol. The molecule has 0 aliphatic carbocycles. The Hall–Kier alpha value is -2.73. The van der Waals surface area contributed by atoms with E-state index in [-0.39, 0.29) is 17.9 Å². The Morgan fingerprint density at radius 3 is 2.82 bits per heavy atom. The average Bonchev–Trinajstić information content (AvgIpc) is 2.73. The van der Waals surface area contributed by atoms with Crippen LogP contribution in [-0.4, -0.2) is 55.2 Å². The fraction of sp³-hybridized carbons (Fsp3) is 0.409. The smallest absolute Gasteiger partial charge is 0.242 e. The summed E-state index contributed by atoms with van der Waals surface area (Å²) in [6.45, 7) is 1.14. The molecule has 0 aromatic heterocycles. The van der Waals surface area contributed by atoms with E-state index in [0.717, 1.165) is 22.6 Å². The van der Waals surface area contributed by atoms with Crippen LogP contribution in [-0.2, 0) is 20.8 Å². The lowest BCUT2D eigenvalue weighted by molar-refractivity contribution is -0.144. The minimum absolute atomic E-state index is 0.0634. The van der Waals surface area contributed by atoms with E-state index in [4.69, 9.17) is 0 Å². The van der Waals surface area contributed by atoms with Crippen LogP contribution in [0, 0.1) is 0 Å². The van der Waals surface area contributed by atoms with Crippen molar-refractivity contribution in [2.45, 2.75) is 37.8 Å². The van der Waals surface area contributed by atoms with Gasteiger partial charge in [0, 0.05) is 33.0 Å². The highest BCUT2D eigenvalue weighted by Gasteiger charge is 2.35. The summed E-state index contributed by atoms with van der Waals surface area (Å²) in [4.78, 5) is 37.8. The normalized spacial score (nSPS) is 18.1. The number of hydrogen-bond acceptors (Lipinski definition) is 4. The third-order valence-electron chi connectivity index (χ3n) is 5.31. The van der Waals surface area contributed by atoms with Gasteiger partial charge in [-0.25, -0.2) is 0 Å². The maximum atomic E-state index is 13.0. The molecule has 148 valence electrons. The molecule has 1 heterocycles. The molecule has 0 saturated carbocycles. The predicted molar refractivity (Wildman–Crippen MR) is 109 cm³/mol. The van der Waals surface area contributed by atoms with E-state index >= 15 is 0 Å². The quantitative estimate of drug-likeness (QED) is 0.539. The number of piperazine rings is 1. The first kappa shape index (κ1) is 20.0. The molecule has 6 heteroatoms.